The Balaban J connectivity index is 1.84. The topological polar surface area (TPSA) is 48.5 Å². The molecular formula is C31H25N3. The van der Waals surface area contributed by atoms with Crippen molar-refractivity contribution in [3.8, 4) is 28.3 Å². The van der Waals surface area contributed by atoms with Gasteiger partial charge < -0.3 is 0 Å². The highest BCUT2D eigenvalue weighted by atomic mass is 15.1. The maximum absolute atomic E-state index is 9.42. The summed E-state index contributed by atoms with van der Waals surface area (Å²) in [5.74, 6) is 0.149. The van der Waals surface area contributed by atoms with Gasteiger partial charge in [0.25, 0.3) is 0 Å². The second-order valence-corrected chi connectivity index (χ2v) is 8.60. The van der Waals surface area contributed by atoms with Gasteiger partial charge in [0.05, 0.1) is 17.4 Å². The number of allylic oxidation sites excluding steroid dienone is 1. The second kappa shape index (κ2) is 9.68. The van der Waals surface area contributed by atoms with Crippen LogP contribution in [0.3, 0.4) is 0 Å². The fourth-order valence-electron chi connectivity index (χ4n) is 4.74. The summed E-state index contributed by atoms with van der Waals surface area (Å²) < 4.78 is 0. The highest BCUT2D eigenvalue weighted by Gasteiger charge is 2.23. The van der Waals surface area contributed by atoms with Crippen molar-refractivity contribution in [3.05, 3.63) is 115 Å². The summed E-state index contributed by atoms with van der Waals surface area (Å²) in [6.07, 6.45) is 2.04. The van der Waals surface area contributed by atoms with Gasteiger partial charge in [-0.25, -0.2) is 0 Å². The average molecular weight is 440 g/mol. The van der Waals surface area contributed by atoms with Crippen LogP contribution in [0.15, 0.2) is 114 Å². The van der Waals surface area contributed by atoms with Crippen molar-refractivity contribution in [2.75, 3.05) is 0 Å². The maximum atomic E-state index is 9.42. The summed E-state index contributed by atoms with van der Waals surface area (Å²) >= 11 is 0. The van der Waals surface area contributed by atoms with Gasteiger partial charge in [-0.2, -0.15) is 10.4 Å². The highest BCUT2D eigenvalue weighted by molar-refractivity contribution is 5.93. The summed E-state index contributed by atoms with van der Waals surface area (Å²) in [6.45, 7) is 4.41. The molecule has 164 valence electrons. The van der Waals surface area contributed by atoms with Crippen LogP contribution < -0.4 is 0 Å². The number of benzene rings is 4. The molecule has 0 saturated heterocycles. The van der Waals surface area contributed by atoms with Crippen molar-refractivity contribution in [2.24, 2.45) is 10.2 Å². The van der Waals surface area contributed by atoms with Gasteiger partial charge in [-0.05, 0) is 70.3 Å². The third-order valence-corrected chi connectivity index (χ3v) is 6.43. The van der Waals surface area contributed by atoms with E-state index in [0.717, 1.165) is 57.6 Å². The normalized spacial score (nSPS) is 14.8. The molecule has 3 nitrogen and oxygen atoms in total. The van der Waals surface area contributed by atoms with Gasteiger partial charge in [0.2, 0.25) is 0 Å². The molecule has 0 fully saturated rings. The van der Waals surface area contributed by atoms with Crippen LogP contribution in [-0.4, -0.2) is 0 Å². The summed E-state index contributed by atoms with van der Waals surface area (Å²) in [6, 6.07) is 35.6. The van der Waals surface area contributed by atoms with E-state index in [2.05, 4.69) is 90.6 Å². The molecule has 0 aromatic heterocycles. The minimum absolute atomic E-state index is 0.149. The van der Waals surface area contributed by atoms with Crippen molar-refractivity contribution in [1.82, 2.24) is 0 Å². The van der Waals surface area contributed by atoms with E-state index in [9.17, 15) is 5.26 Å². The lowest BCUT2D eigenvalue weighted by Crippen LogP contribution is -2.04. The van der Waals surface area contributed by atoms with E-state index in [1.807, 2.05) is 24.3 Å². The summed E-state index contributed by atoms with van der Waals surface area (Å²) in [5.41, 5.74) is 9.47. The minimum atomic E-state index is 0.149. The van der Waals surface area contributed by atoms with Crippen LogP contribution in [0.1, 0.15) is 36.3 Å². The molecule has 0 amide bonds. The number of nitriles is 1. The second-order valence-electron chi connectivity index (χ2n) is 8.60. The molecule has 0 spiro atoms. The third-order valence-electron chi connectivity index (χ3n) is 6.43. The Morgan fingerprint density at radius 1 is 0.735 bits per heavy atom. The Kier molecular flexibility index (Phi) is 6.14. The van der Waals surface area contributed by atoms with E-state index >= 15 is 0 Å². The van der Waals surface area contributed by atoms with Crippen LogP contribution in [0.4, 0.5) is 11.4 Å². The number of nitrogens with zero attached hydrogens (tertiary/aromatic N) is 3. The Bertz CT molecular complexity index is 1380. The van der Waals surface area contributed by atoms with Gasteiger partial charge >= 0.3 is 0 Å². The molecule has 4 bridgehead atoms. The standard InChI is InChI=1S/C31H25N3/c1-22-21-26(13-8-20-32)28-18-19-29(34-33-27-16-14-23(22)15-17-27)31(25-11-6-3-7-12-25)30(28)24-9-4-2-5-10-24/h2-7,9-12,14-19,26H,1,8,13,21H2. The monoisotopic (exact) mass is 439 g/mol. The number of hydrogen-bond acceptors (Lipinski definition) is 3. The first-order valence-corrected chi connectivity index (χ1v) is 11.6. The van der Waals surface area contributed by atoms with Gasteiger partial charge in [0.15, 0.2) is 0 Å². The van der Waals surface area contributed by atoms with E-state index < -0.39 is 0 Å². The van der Waals surface area contributed by atoms with E-state index in [1.165, 1.54) is 5.56 Å². The smallest absolute Gasteiger partial charge is 0.0941 e. The molecule has 1 atom stereocenters. The van der Waals surface area contributed by atoms with Crippen LogP contribution in [-0.2, 0) is 0 Å². The summed E-state index contributed by atoms with van der Waals surface area (Å²) in [4.78, 5) is 0. The van der Waals surface area contributed by atoms with Crippen LogP contribution in [0.2, 0.25) is 0 Å². The molecule has 0 aliphatic carbocycles. The van der Waals surface area contributed by atoms with Crippen molar-refractivity contribution in [2.45, 2.75) is 25.2 Å². The molecule has 34 heavy (non-hydrogen) atoms. The van der Waals surface area contributed by atoms with Crippen LogP contribution in [0, 0.1) is 11.3 Å². The molecule has 1 unspecified atom stereocenters. The molecule has 0 radical (unpaired) electrons. The highest BCUT2D eigenvalue weighted by Crippen LogP contribution is 2.47. The fourth-order valence-corrected chi connectivity index (χ4v) is 4.74. The van der Waals surface area contributed by atoms with Gasteiger partial charge in [0.1, 0.15) is 0 Å². The molecule has 4 aliphatic heterocycles. The quantitative estimate of drug-likeness (QED) is 0.312. The first kappa shape index (κ1) is 21.6. The zero-order valence-electron chi connectivity index (χ0n) is 19.0. The maximum Gasteiger partial charge on any atom is 0.0941 e. The van der Waals surface area contributed by atoms with E-state index in [0.29, 0.717) is 6.42 Å². The van der Waals surface area contributed by atoms with E-state index in [-0.39, 0.29) is 5.92 Å². The summed E-state index contributed by atoms with van der Waals surface area (Å²) in [7, 11) is 0. The number of hydrogen-bond donors (Lipinski definition) is 0. The van der Waals surface area contributed by atoms with Crippen molar-refractivity contribution in [1.29, 1.82) is 5.26 Å². The fraction of sp³-hybridized carbons (Fsp3) is 0.129. The molecule has 4 aromatic carbocycles. The zero-order chi connectivity index (χ0) is 23.3. The van der Waals surface area contributed by atoms with Gasteiger partial charge in [-0.3, -0.25) is 0 Å². The third kappa shape index (κ3) is 4.31. The zero-order valence-corrected chi connectivity index (χ0v) is 19.0. The van der Waals surface area contributed by atoms with Crippen LogP contribution in [0.5, 0.6) is 0 Å². The predicted octanol–water partition coefficient (Wildman–Crippen LogP) is 9.24. The molecule has 3 heteroatoms. The Morgan fingerprint density at radius 2 is 1.38 bits per heavy atom. The summed E-state index contributed by atoms with van der Waals surface area (Å²) in [5, 5.41) is 18.7. The van der Waals surface area contributed by atoms with Crippen molar-refractivity contribution < 1.29 is 0 Å². The predicted molar refractivity (Wildman–Crippen MR) is 139 cm³/mol. The average Bonchev–Trinajstić information content (AvgIpc) is 2.92. The van der Waals surface area contributed by atoms with E-state index in [4.69, 9.17) is 5.11 Å². The van der Waals surface area contributed by atoms with Crippen LogP contribution in [0.25, 0.3) is 27.8 Å². The molecule has 8 rings (SSSR count). The molecule has 4 heterocycles. The van der Waals surface area contributed by atoms with E-state index in [1.54, 1.807) is 0 Å². The molecule has 0 saturated carbocycles. The lowest BCUT2D eigenvalue weighted by atomic mass is 9.79. The lowest BCUT2D eigenvalue weighted by molar-refractivity contribution is 0.653. The number of azo groups is 1. The first-order valence-electron chi connectivity index (χ1n) is 11.6. The number of rotatable bonds is 4. The minimum Gasteiger partial charge on any atom is -0.198 e. The van der Waals surface area contributed by atoms with Crippen molar-refractivity contribution >= 4 is 16.9 Å². The van der Waals surface area contributed by atoms with Gasteiger partial charge in [0, 0.05) is 12.0 Å². The van der Waals surface area contributed by atoms with Gasteiger partial charge in [-0.15, -0.1) is 5.11 Å². The van der Waals surface area contributed by atoms with Crippen LogP contribution >= 0.6 is 0 Å². The Morgan fingerprint density at radius 3 is 2.03 bits per heavy atom. The largest absolute Gasteiger partial charge is 0.198 e. The van der Waals surface area contributed by atoms with Crippen molar-refractivity contribution in [3.63, 3.8) is 0 Å². The Hall–Kier alpha value is -4.29. The molecular weight excluding hydrogens is 414 g/mol. The first-order chi connectivity index (χ1) is 16.7. The molecule has 0 N–H and O–H groups in total. The Labute approximate surface area is 200 Å². The lowest BCUT2D eigenvalue weighted by Gasteiger charge is -2.24. The molecule has 4 aromatic rings. The van der Waals surface area contributed by atoms with Gasteiger partial charge in [-0.1, -0.05) is 85.4 Å². The molecule has 4 aliphatic rings. The SMILES string of the molecule is C=C1CC(CCC#N)c2ccc(c(-c3ccccc3)c2-c2ccccc2)N=Nc2ccc1cc2.